The van der Waals surface area contributed by atoms with E-state index in [1.807, 2.05) is 38.1 Å². The van der Waals surface area contributed by atoms with Gasteiger partial charge in [0.15, 0.2) is 0 Å². The molecule has 0 radical (unpaired) electrons. The van der Waals surface area contributed by atoms with Gasteiger partial charge >= 0.3 is 0 Å². The van der Waals surface area contributed by atoms with Crippen LogP contribution in [0.25, 0.3) is 0 Å². The summed E-state index contributed by atoms with van der Waals surface area (Å²) in [7, 11) is 0. The number of rotatable bonds is 5. The molecule has 1 heterocycles. The Kier molecular flexibility index (Phi) is 6.16. The molecule has 2 rings (SSSR count). The molecule has 1 aliphatic heterocycles. The smallest absolute Gasteiger partial charge is 0.253 e. The van der Waals surface area contributed by atoms with Gasteiger partial charge in [0.1, 0.15) is 0 Å². The zero-order valence-electron chi connectivity index (χ0n) is 13.9. The molecule has 0 aromatic heterocycles. The van der Waals surface area contributed by atoms with E-state index in [4.69, 9.17) is 0 Å². The zero-order chi connectivity index (χ0) is 16.8. The summed E-state index contributed by atoms with van der Waals surface area (Å²) < 4.78 is 0. The predicted molar refractivity (Wildman–Crippen MR) is 89.1 cm³/mol. The van der Waals surface area contributed by atoms with E-state index in [1.165, 1.54) is 0 Å². The van der Waals surface area contributed by atoms with Crippen molar-refractivity contribution in [1.29, 1.82) is 0 Å². The van der Waals surface area contributed by atoms with E-state index in [0.717, 1.165) is 18.4 Å². The fraction of sp³-hybridized carbons (Fsp3) is 0.556. The number of carbonyl (C=O) groups is 2. The van der Waals surface area contributed by atoms with Crippen molar-refractivity contribution in [2.24, 2.45) is 5.92 Å². The molecule has 5 heteroatoms. The lowest BCUT2D eigenvalue weighted by Crippen LogP contribution is -2.48. The van der Waals surface area contributed by atoms with Crippen molar-refractivity contribution in [3.63, 3.8) is 0 Å². The highest BCUT2D eigenvalue weighted by Gasteiger charge is 2.29. The lowest BCUT2D eigenvalue weighted by atomic mass is 9.96. The van der Waals surface area contributed by atoms with Crippen LogP contribution in [0.3, 0.4) is 0 Å². The van der Waals surface area contributed by atoms with Crippen molar-refractivity contribution in [1.82, 2.24) is 10.2 Å². The van der Waals surface area contributed by atoms with Crippen LogP contribution >= 0.6 is 0 Å². The highest BCUT2D eigenvalue weighted by Crippen LogP contribution is 2.19. The molecule has 0 spiro atoms. The molecule has 1 aliphatic rings. The number of aryl methyl sites for hydroxylation is 1. The van der Waals surface area contributed by atoms with Gasteiger partial charge in [-0.25, -0.2) is 0 Å². The van der Waals surface area contributed by atoms with Crippen molar-refractivity contribution in [2.45, 2.75) is 39.2 Å². The van der Waals surface area contributed by atoms with Gasteiger partial charge in [0.05, 0.1) is 18.6 Å². The molecule has 0 bridgehead atoms. The first-order chi connectivity index (χ1) is 11.0. The van der Waals surface area contributed by atoms with Crippen LogP contribution in [0.4, 0.5) is 0 Å². The van der Waals surface area contributed by atoms with Crippen molar-refractivity contribution in [3.05, 3.63) is 35.4 Å². The second-order valence-electron chi connectivity index (χ2n) is 6.25. The van der Waals surface area contributed by atoms with Crippen LogP contribution in [0.1, 0.15) is 42.1 Å². The largest absolute Gasteiger partial charge is 0.394 e. The average molecular weight is 318 g/mol. The number of amides is 2. The second kappa shape index (κ2) is 8.11. The average Bonchev–Trinajstić information content (AvgIpc) is 2.59. The Bertz CT molecular complexity index is 538. The molecule has 2 amide bonds. The Morgan fingerprint density at radius 3 is 2.65 bits per heavy atom. The van der Waals surface area contributed by atoms with Crippen molar-refractivity contribution in [3.8, 4) is 0 Å². The van der Waals surface area contributed by atoms with E-state index < -0.39 is 0 Å². The van der Waals surface area contributed by atoms with Crippen molar-refractivity contribution >= 4 is 11.8 Å². The van der Waals surface area contributed by atoms with Crippen LogP contribution in [0.15, 0.2) is 24.3 Å². The van der Waals surface area contributed by atoms with Gasteiger partial charge in [-0.05, 0) is 38.3 Å². The van der Waals surface area contributed by atoms with E-state index in [2.05, 4.69) is 5.32 Å². The zero-order valence-corrected chi connectivity index (χ0v) is 13.9. The molecule has 0 aliphatic carbocycles. The molecule has 0 saturated carbocycles. The van der Waals surface area contributed by atoms with E-state index in [0.29, 0.717) is 25.1 Å². The number of nitrogens with zero attached hydrogens (tertiary/aromatic N) is 1. The van der Waals surface area contributed by atoms with E-state index in [9.17, 15) is 14.7 Å². The summed E-state index contributed by atoms with van der Waals surface area (Å²) in [6.45, 7) is 4.99. The molecular weight excluding hydrogens is 292 g/mol. The number of likely N-dealkylation sites (tertiary alicyclic amines) is 1. The highest BCUT2D eigenvalue weighted by molar-refractivity contribution is 5.94. The summed E-state index contributed by atoms with van der Waals surface area (Å²) in [5, 5.41) is 12.1. The third kappa shape index (κ3) is 4.55. The van der Waals surface area contributed by atoms with E-state index in [-0.39, 0.29) is 30.4 Å². The molecule has 2 N–H and O–H groups in total. The maximum atomic E-state index is 12.6. The molecule has 126 valence electrons. The summed E-state index contributed by atoms with van der Waals surface area (Å²) in [5.41, 5.74) is 1.78. The third-order valence-electron chi connectivity index (χ3n) is 4.44. The number of aliphatic hydroxyl groups excluding tert-OH is 1. The van der Waals surface area contributed by atoms with Gasteiger partial charge < -0.3 is 15.3 Å². The normalized spacial score (nSPS) is 19.3. The standard InChI is InChI=1S/C18H26N2O3/c1-3-16(12-21)19-17(22)15-5-4-10-20(11-15)18(23)14-8-6-13(2)7-9-14/h6-9,15-16,21H,3-5,10-12H2,1-2H3,(H,19,22). The molecule has 1 aromatic rings. The maximum Gasteiger partial charge on any atom is 0.253 e. The van der Waals surface area contributed by atoms with Gasteiger partial charge in [-0.3, -0.25) is 9.59 Å². The number of nitrogens with one attached hydrogen (secondary N) is 1. The molecule has 5 nitrogen and oxygen atoms in total. The summed E-state index contributed by atoms with van der Waals surface area (Å²) in [4.78, 5) is 26.6. The van der Waals surface area contributed by atoms with Crippen LogP contribution < -0.4 is 5.32 Å². The lowest BCUT2D eigenvalue weighted by Gasteiger charge is -2.32. The summed E-state index contributed by atoms with van der Waals surface area (Å²) in [6, 6.07) is 7.31. The van der Waals surface area contributed by atoms with Gasteiger partial charge in [-0.2, -0.15) is 0 Å². The summed E-state index contributed by atoms with van der Waals surface area (Å²) >= 11 is 0. The van der Waals surface area contributed by atoms with E-state index in [1.54, 1.807) is 4.90 Å². The first-order valence-electron chi connectivity index (χ1n) is 8.32. The monoisotopic (exact) mass is 318 g/mol. The van der Waals surface area contributed by atoms with Gasteiger partial charge in [-0.1, -0.05) is 24.6 Å². The minimum absolute atomic E-state index is 0.0169. The van der Waals surface area contributed by atoms with Gasteiger partial charge in [0.2, 0.25) is 5.91 Å². The second-order valence-corrected chi connectivity index (χ2v) is 6.25. The summed E-state index contributed by atoms with van der Waals surface area (Å²) in [5.74, 6) is -0.275. The Balaban J connectivity index is 1.98. The minimum Gasteiger partial charge on any atom is -0.394 e. The SMILES string of the molecule is CCC(CO)NC(=O)C1CCCN(C(=O)c2ccc(C)cc2)C1. The van der Waals surface area contributed by atoms with Crippen LogP contribution in [0, 0.1) is 12.8 Å². The topological polar surface area (TPSA) is 69.6 Å². The van der Waals surface area contributed by atoms with Crippen LogP contribution in [-0.2, 0) is 4.79 Å². The van der Waals surface area contributed by atoms with Crippen LogP contribution in [0.5, 0.6) is 0 Å². The lowest BCUT2D eigenvalue weighted by molar-refractivity contribution is -0.127. The van der Waals surface area contributed by atoms with Gasteiger partial charge in [-0.15, -0.1) is 0 Å². The van der Waals surface area contributed by atoms with Gasteiger partial charge in [0, 0.05) is 18.7 Å². The number of piperidine rings is 1. The highest BCUT2D eigenvalue weighted by atomic mass is 16.3. The van der Waals surface area contributed by atoms with Crippen molar-refractivity contribution in [2.75, 3.05) is 19.7 Å². The number of carbonyl (C=O) groups excluding carboxylic acids is 2. The van der Waals surface area contributed by atoms with Crippen molar-refractivity contribution < 1.29 is 14.7 Å². The Labute approximate surface area is 137 Å². The Morgan fingerprint density at radius 2 is 2.04 bits per heavy atom. The molecule has 2 unspecified atom stereocenters. The first kappa shape index (κ1) is 17.5. The molecule has 1 fully saturated rings. The fourth-order valence-corrected chi connectivity index (χ4v) is 2.85. The minimum atomic E-state index is -0.203. The molecule has 23 heavy (non-hydrogen) atoms. The number of hydrogen-bond acceptors (Lipinski definition) is 3. The Hall–Kier alpha value is -1.88. The molecule has 1 aromatic carbocycles. The first-order valence-corrected chi connectivity index (χ1v) is 8.32. The number of benzene rings is 1. The van der Waals surface area contributed by atoms with Gasteiger partial charge in [0.25, 0.3) is 5.91 Å². The molecule has 2 atom stereocenters. The molecular formula is C18H26N2O3. The maximum absolute atomic E-state index is 12.6. The quantitative estimate of drug-likeness (QED) is 0.869. The van der Waals surface area contributed by atoms with E-state index >= 15 is 0 Å². The Morgan fingerprint density at radius 1 is 1.35 bits per heavy atom. The number of aliphatic hydroxyl groups is 1. The molecule has 1 saturated heterocycles. The number of hydrogen-bond donors (Lipinski definition) is 2. The fourth-order valence-electron chi connectivity index (χ4n) is 2.85. The van der Waals surface area contributed by atoms with Crippen LogP contribution in [0.2, 0.25) is 0 Å². The predicted octanol–water partition coefficient (Wildman–Crippen LogP) is 1.73. The summed E-state index contributed by atoms with van der Waals surface area (Å²) in [6.07, 6.45) is 2.30. The van der Waals surface area contributed by atoms with Crippen LogP contribution in [-0.4, -0.2) is 47.6 Å². The third-order valence-corrected chi connectivity index (χ3v) is 4.44.